The van der Waals surface area contributed by atoms with Gasteiger partial charge in [0, 0.05) is 57.1 Å². The Morgan fingerprint density at radius 1 is 1.15 bits per heavy atom. The Labute approximate surface area is 120 Å². The molecule has 5 heteroatoms. The number of anilines is 1. The Kier molecular flexibility index (Phi) is 5.34. The molecule has 1 aromatic rings. The van der Waals surface area contributed by atoms with E-state index in [-0.39, 0.29) is 5.82 Å². The normalized spacial score (nSPS) is 17.8. The van der Waals surface area contributed by atoms with E-state index in [4.69, 9.17) is 5.73 Å². The average Bonchev–Trinajstić information content (AvgIpc) is 2.41. The van der Waals surface area contributed by atoms with Crippen LogP contribution in [0.5, 0.6) is 0 Å². The maximum absolute atomic E-state index is 13.8. The Morgan fingerprint density at radius 2 is 1.80 bits per heavy atom. The molecular weight excluding hydrogens is 255 g/mol. The SMILES string of the molecule is CN(C)CCN1CCN(Cc2ccc(N)cc2F)CC1. The first-order chi connectivity index (χ1) is 9.54. The highest BCUT2D eigenvalue weighted by Crippen LogP contribution is 2.15. The third kappa shape index (κ3) is 4.44. The largest absolute Gasteiger partial charge is 0.399 e. The number of nitrogens with zero attached hydrogens (tertiary/aromatic N) is 3. The van der Waals surface area contributed by atoms with Crippen LogP contribution in [0.3, 0.4) is 0 Å². The third-order valence-electron chi connectivity index (χ3n) is 3.80. The molecule has 112 valence electrons. The standard InChI is InChI=1S/C15H25FN4/c1-18(2)5-6-19-7-9-20(10-8-19)12-13-3-4-14(17)11-15(13)16/h3-4,11H,5-10,12,17H2,1-2H3. The van der Waals surface area contributed by atoms with Gasteiger partial charge in [-0.05, 0) is 26.2 Å². The molecule has 0 atom stereocenters. The second kappa shape index (κ2) is 7.02. The second-order valence-corrected chi connectivity index (χ2v) is 5.77. The van der Waals surface area contributed by atoms with Gasteiger partial charge in [0.2, 0.25) is 0 Å². The van der Waals surface area contributed by atoms with Crippen LogP contribution in [0, 0.1) is 5.82 Å². The van der Waals surface area contributed by atoms with E-state index in [1.54, 1.807) is 12.1 Å². The molecule has 1 fully saturated rings. The second-order valence-electron chi connectivity index (χ2n) is 5.77. The van der Waals surface area contributed by atoms with Crippen molar-refractivity contribution in [3.05, 3.63) is 29.6 Å². The Hall–Kier alpha value is -1.17. The average molecular weight is 280 g/mol. The van der Waals surface area contributed by atoms with E-state index in [1.165, 1.54) is 6.07 Å². The van der Waals surface area contributed by atoms with E-state index in [2.05, 4.69) is 28.8 Å². The molecule has 0 aliphatic carbocycles. The van der Waals surface area contributed by atoms with Crippen molar-refractivity contribution >= 4 is 5.69 Å². The van der Waals surface area contributed by atoms with Crippen LogP contribution in [0.2, 0.25) is 0 Å². The minimum Gasteiger partial charge on any atom is -0.399 e. The summed E-state index contributed by atoms with van der Waals surface area (Å²) in [7, 11) is 4.19. The van der Waals surface area contributed by atoms with Gasteiger partial charge in [0.15, 0.2) is 0 Å². The molecule has 4 nitrogen and oxygen atoms in total. The number of hydrogen-bond acceptors (Lipinski definition) is 4. The van der Waals surface area contributed by atoms with Gasteiger partial charge in [-0.2, -0.15) is 0 Å². The Bertz CT molecular complexity index is 428. The molecule has 0 radical (unpaired) electrons. The first-order valence-electron chi connectivity index (χ1n) is 7.18. The summed E-state index contributed by atoms with van der Waals surface area (Å²) in [6, 6.07) is 4.97. The highest BCUT2D eigenvalue weighted by molar-refractivity contribution is 5.40. The molecule has 1 heterocycles. The first kappa shape index (κ1) is 15.2. The highest BCUT2D eigenvalue weighted by atomic mass is 19.1. The van der Waals surface area contributed by atoms with Gasteiger partial charge in [-0.3, -0.25) is 9.80 Å². The zero-order chi connectivity index (χ0) is 14.5. The number of halogens is 1. The molecule has 1 aliphatic rings. The zero-order valence-corrected chi connectivity index (χ0v) is 12.5. The number of piperazine rings is 1. The van der Waals surface area contributed by atoms with Crippen molar-refractivity contribution in [2.45, 2.75) is 6.54 Å². The highest BCUT2D eigenvalue weighted by Gasteiger charge is 2.17. The van der Waals surface area contributed by atoms with E-state index < -0.39 is 0 Å². The van der Waals surface area contributed by atoms with Crippen LogP contribution in [0.1, 0.15) is 5.56 Å². The van der Waals surface area contributed by atoms with Crippen molar-refractivity contribution < 1.29 is 4.39 Å². The molecule has 0 spiro atoms. The molecule has 2 rings (SSSR count). The van der Waals surface area contributed by atoms with Gasteiger partial charge in [0.25, 0.3) is 0 Å². The van der Waals surface area contributed by atoms with Gasteiger partial charge in [-0.25, -0.2) is 4.39 Å². The number of nitrogen functional groups attached to an aromatic ring is 1. The minimum absolute atomic E-state index is 0.194. The minimum atomic E-state index is -0.194. The van der Waals surface area contributed by atoms with Gasteiger partial charge >= 0.3 is 0 Å². The lowest BCUT2D eigenvalue weighted by Gasteiger charge is -2.35. The molecule has 1 aromatic carbocycles. The fourth-order valence-corrected chi connectivity index (χ4v) is 2.45. The predicted molar refractivity (Wildman–Crippen MR) is 81.1 cm³/mol. The van der Waals surface area contributed by atoms with E-state index in [0.717, 1.165) is 44.8 Å². The lowest BCUT2D eigenvalue weighted by molar-refractivity contribution is 0.119. The lowest BCUT2D eigenvalue weighted by Crippen LogP contribution is -2.47. The van der Waals surface area contributed by atoms with Crippen LogP contribution in [0.15, 0.2) is 18.2 Å². The van der Waals surface area contributed by atoms with E-state index in [9.17, 15) is 4.39 Å². The molecule has 0 saturated carbocycles. The van der Waals surface area contributed by atoms with Crippen molar-refractivity contribution in [1.82, 2.24) is 14.7 Å². The fourth-order valence-electron chi connectivity index (χ4n) is 2.45. The van der Waals surface area contributed by atoms with Crippen molar-refractivity contribution in [2.75, 3.05) is 59.1 Å². The summed E-state index contributed by atoms with van der Waals surface area (Å²) >= 11 is 0. The molecular formula is C15H25FN4. The summed E-state index contributed by atoms with van der Waals surface area (Å²) in [5.74, 6) is -0.194. The fraction of sp³-hybridized carbons (Fsp3) is 0.600. The lowest BCUT2D eigenvalue weighted by atomic mass is 10.1. The number of benzene rings is 1. The van der Waals surface area contributed by atoms with Crippen molar-refractivity contribution in [3.8, 4) is 0 Å². The molecule has 0 amide bonds. The predicted octanol–water partition coefficient (Wildman–Crippen LogP) is 1.09. The summed E-state index contributed by atoms with van der Waals surface area (Å²) in [4.78, 5) is 6.98. The van der Waals surface area contributed by atoms with Gasteiger partial charge in [0.1, 0.15) is 5.82 Å². The van der Waals surface area contributed by atoms with E-state index in [1.807, 2.05) is 0 Å². The van der Waals surface area contributed by atoms with Gasteiger partial charge in [-0.1, -0.05) is 6.07 Å². The van der Waals surface area contributed by atoms with Crippen molar-refractivity contribution in [1.29, 1.82) is 0 Å². The maximum atomic E-state index is 13.8. The summed E-state index contributed by atoms with van der Waals surface area (Å²) in [5.41, 5.74) is 6.80. The maximum Gasteiger partial charge on any atom is 0.129 e. The number of rotatable bonds is 5. The van der Waals surface area contributed by atoms with Crippen LogP contribution in [-0.2, 0) is 6.54 Å². The smallest absolute Gasteiger partial charge is 0.129 e. The van der Waals surface area contributed by atoms with Crippen LogP contribution in [0.4, 0.5) is 10.1 Å². The van der Waals surface area contributed by atoms with E-state index >= 15 is 0 Å². The zero-order valence-electron chi connectivity index (χ0n) is 12.5. The van der Waals surface area contributed by atoms with Crippen molar-refractivity contribution in [3.63, 3.8) is 0 Å². The number of likely N-dealkylation sites (N-methyl/N-ethyl adjacent to an activating group) is 1. The molecule has 0 bridgehead atoms. The van der Waals surface area contributed by atoms with Gasteiger partial charge in [-0.15, -0.1) is 0 Å². The molecule has 1 saturated heterocycles. The Morgan fingerprint density at radius 3 is 2.40 bits per heavy atom. The molecule has 2 N–H and O–H groups in total. The number of hydrogen-bond donors (Lipinski definition) is 1. The summed E-state index contributed by atoms with van der Waals surface area (Å²) in [6.45, 7) is 6.99. The van der Waals surface area contributed by atoms with Crippen LogP contribution < -0.4 is 5.73 Å². The molecule has 0 aromatic heterocycles. The van der Waals surface area contributed by atoms with Crippen molar-refractivity contribution in [2.24, 2.45) is 0 Å². The van der Waals surface area contributed by atoms with Crippen LogP contribution in [0.25, 0.3) is 0 Å². The third-order valence-corrected chi connectivity index (χ3v) is 3.80. The monoisotopic (exact) mass is 280 g/mol. The van der Waals surface area contributed by atoms with E-state index in [0.29, 0.717) is 12.2 Å². The summed E-state index contributed by atoms with van der Waals surface area (Å²) < 4.78 is 13.8. The van der Waals surface area contributed by atoms with Crippen LogP contribution >= 0.6 is 0 Å². The van der Waals surface area contributed by atoms with Gasteiger partial charge < -0.3 is 10.6 Å². The molecule has 1 aliphatic heterocycles. The summed E-state index contributed by atoms with van der Waals surface area (Å²) in [6.07, 6.45) is 0. The Balaban J connectivity index is 1.79. The molecule has 20 heavy (non-hydrogen) atoms. The molecule has 0 unspecified atom stereocenters. The summed E-state index contributed by atoms with van der Waals surface area (Å²) in [5, 5.41) is 0. The quantitative estimate of drug-likeness (QED) is 0.819. The number of nitrogens with two attached hydrogens (primary N) is 1. The first-order valence-corrected chi connectivity index (χ1v) is 7.18. The van der Waals surface area contributed by atoms with Crippen LogP contribution in [-0.4, -0.2) is 68.1 Å². The topological polar surface area (TPSA) is 35.7 Å². The van der Waals surface area contributed by atoms with Gasteiger partial charge in [0.05, 0.1) is 0 Å².